The standard InChI is InChI=1S/C13H9FN2S/c14-10-4-1-3-9(7-10)13(16)11(8-15)12-5-2-6-17-12/h1-7H,16H2/b13-11-. The van der Waals surface area contributed by atoms with Gasteiger partial charge in [0.1, 0.15) is 11.9 Å². The molecule has 0 aliphatic carbocycles. The second kappa shape index (κ2) is 4.81. The van der Waals surface area contributed by atoms with E-state index < -0.39 is 0 Å². The number of thiophene rings is 1. The number of hydrogen-bond acceptors (Lipinski definition) is 3. The van der Waals surface area contributed by atoms with Gasteiger partial charge in [-0.05, 0) is 23.6 Å². The van der Waals surface area contributed by atoms with Gasteiger partial charge in [0.15, 0.2) is 0 Å². The summed E-state index contributed by atoms with van der Waals surface area (Å²) in [5.74, 6) is -0.367. The van der Waals surface area contributed by atoms with Gasteiger partial charge in [-0.15, -0.1) is 11.3 Å². The fourth-order valence-electron chi connectivity index (χ4n) is 1.47. The van der Waals surface area contributed by atoms with E-state index >= 15 is 0 Å². The van der Waals surface area contributed by atoms with Gasteiger partial charge in [-0.25, -0.2) is 4.39 Å². The summed E-state index contributed by atoms with van der Waals surface area (Å²) in [6.07, 6.45) is 0. The highest BCUT2D eigenvalue weighted by Gasteiger charge is 2.09. The smallest absolute Gasteiger partial charge is 0.123 e. The SMILES string of the molecule is N#C/C(=C(/N)c1cccc(F)c1)c1cccs1. The molecule has 0 saturated carbocycles. The average Bonchev–Trinajstić information content (AvgIpc) is 2.83. The molecule has 4 heteroatoms. The fraction of sp³-hybridized carbons (Fsp3) is 0. The van der Waals surface area contributed by atoms with Crippen molar-refractivity contribution >= 4 is 22.6 Å². The molecule has 1 heterocycles. The zero-order valence-corrected chi connectivity index (χ0v) is 9.67. The summed E-state index contributed by atoms with van der Waals surface area (Å²) in [7, 11) is 0. The molecule has 0 fully saturated rings. The lowest BCUT2D eigenvalue weighted by Crippen LogP contribution is -2.00. The Morgan fingerprint density at radius 2 is 2.12 bits per heavy atom. The maximum Gasteiger partial charge on any atom is 0.123 e. The molecule has 2 N–H and O–H groups in total. The Labute approximate surface area is 102 Å². The minimum atomic E-state index is -0.367. The Morgan fingerprint density at radius 1 is 1.29 bits per heavy atom. The average molecular weight is 244 g/mol. The van der Waals surface area contributed by atoms with Crippen LogP contribution in [0.4, 0.5) is 4.39 Å². The van der Waals surface area contributed by atoms with Crippen molar-refractivity contribution in [3.8, 4) is 6.07 Å². The summed E-state index contributed by atoms with van der Waals surface area (Å²) in [5.41, 5.74) is 7.11. The lowest BCUT2D eigenvalue weighted by molar-refractivity contribution is 0.627. The topological polar surface area (TPSA) is 49.8 Å². The van der Waals surface area contributed by atoms with E-state index in [2.05, 4.69) is 6.07 Å². The van der Waals surface area contributed by atoms with Gasteiger partial charge < -0.3 is 5.73 Å². The van der Waals surface area contributed by atoms with Crippen LogP contribution in [0.25, 0.3) is 11.3 Å². The number of rotatable bonds is 2. The molecule has 2 nitrogen and oxygen atoms in total. The highest BCUT2D eigenvalue weighted by molar-refractivity contribution is 7.11. The number of hydrogen-bond donors (Lipinski definition) is 1. The number of nitrogens with two attached hydrogens (primary N) is 1. The molecule has 2 aromatic rings. The summed E-state index contributed by atoms with van der Waals surface area (Å²) in [6.45, 7) is 0. The van der Waals surface area contributed by atoms with Crippen LogP contribution in [-0.4, -0.2) is 0 Å². The number of nitriles is 1. The Balaban J connectivity index is 2.54. The van der Waals surface area contributed by atoms with Crippen LogP contribution in [0.15, 0.2) is 41.8 Å². The molecule has 0 spiro atoms. The van der Waals surface area contributed by atoms with E-state index in [4.69, 9.17) is 11.0 Å². The van der Waals surface area contributed by atoms with Crippen LogP contribution in [0.3, 0.4) is 0 Å². The lowest BCUT2D eigenvalue weighted by atomic mass is 10.1. The van der Waals surface area contributed by atoms with E-state index in [1.54, 1.807) is 12.1 Å². The molecule has 0 atom stereocenters. The van der Waals surface area contributed by atoms with Crippen molar-refractivity contribution in [2.75, 3.05) is 0 Å². The van der Waals surface area contributed by atoms with Gasteiger partial charge in [-0.1, -0.05) is 18.2 Å². The van der Waals surface area contributed by atoms with Crippen molar-refractivity contribution in [1.29, 1.82) is 5.26 Å². The van der Waals surface area contributed by atoms with Gasteiger partial charge in [0.2, 0.25) is 0 Å². The van der Waals surface area contributed by atoms with Crippen LogP contribution in [0, 0.1) is 17.1 Å². The predicted molar refractivity (Wildman–Crippen MR) is 67.3 cm³/mol. The van der Waals surface area contributed by atoms with Crippen LogP contribution < -0.4 is 5.73 Å². The molecular weight excluding hydrogens is 235 g/mol. The van der Waals surface area contributed by atoms with Crippen LogP contribution in [0.5, 0.6) is 0 Å². The third kappa shape index (κ3) is 2.35. The van der Waals surface area contributed by atoms with Crippen LogP contribution in [0.2, 0.25) is 0 Å². The summed E-state index contributed by atoms with van der Waals surface area (Å²) < 4.78 is 13.1. The molecule has 0 radical (unpaired) electrons. The van der Waals surface area contributed by atoms with Crippen LogP contribution in [0.1, 0.15) is 10.4 Å². The Kier molecular flexibility index (Phi) is 3.22. The summed E-state index contributed by atoms with van der Waals surface area (Å²) in [4.78, 5) is 0.786. The maximum absolute atomic E-state index is 13.1. The normalized spacial score (nSPS) is 11.8. The molecule has 0 saturated heterocycles. The van der Waals surface area contributed by atoms with Crippen molar-refractivity contribution in [3.63, 3.8) is 0 Å². The van der Waals surface area contributed by atoms with Crippen molar-refractivity contribution in [3.05, 3.63) is 58.0 Å². The van der Waals surface area contributed by atoms with Crippen molar-refractivity contribution in [1.82, 2.24) is 0 Å². The first kappa shape index (κ1) is 11.4. The third-order valence-electron chi connectivity index (χ3n) is 2.28. The molecule has 0 amide bonds. The quantitative estimate of drug-likeness (QED) is 0.824. The molecule has 0 bridgehead atoms. The largest absolute Gasteiger partial charge is 0.397 e. The molecule has 1 aromatic carbocycles. The van der Waals surface area contributed by atoms with E-state index in [1.807, 2.05) is 17.5 Å². The Morgan fingerprint density at radius 3 is 2.71 bits per heavy atom. The molecule has 84 valence electrons. The molecule has 0 aliphatic rings. The van der Waals surface area contributed by atoms with Crippen molar-refractivity contribution in [2.45, 2.75) is 0 Å². The molecule has 1 aromatic heterocycles. The molecule has 0 unspecified atom stereocenters. The summed E-state index contributed by atoms with van der Waals surface area (Å²) in [5, 5.41) is 11.0. The van der Waals surface area contributed by atoms with Crippen LogP contribution in [-0.2, 0) is 0 Å². The Bertz CT molecular complexity index is 594. The van der Waals surface area contributed by atoms with Crippen LogP contribution >= 0.6 is 11.3 Å². The van der Waals surface area contributed by atoms with Gasteiger partial charge >= 0.3 is 0 Å². The van der Waals surface area contributed by atoms with E-state index in [0.29, 0.717) is 16.8 Å². The van der Waals surface area contributed by atoms with Crippen molar-refractivity contribution < 1.29 is 4.39 Å². The molecule has 0 aliphatic heterocycles. The predicted octanol–water partition coefficient (Wildman–Crippen LogP) is 3.24. The second-order valence-electron chi connectivity index (χ2n) is 3.39. The van der Waals surface area contributed by atoms with E-state index in [0.717, 1.165) is 4.88 Å². The zero-order chi connectivity index (χ0) is 12.3. The van der Waals surface area contributed by atoms with Gasteiger partial charge in [-0.2, -0.15) is 5.26 Å². The summed E-state index contributed by atoms with van der Waals surface area (Å²) >= 11 is 1.43. The zero-order valence-electron chi connectivity index (χ0n) is 8.85. The summed E-state index contributed by atoms with van der Waals surface area (Å²) in [6, 6.07) is 11.6. The van der Waals surface area contributed by atoms with E-state index in [1.165, 1.54) is 23.5 Å². The first-order valence-corrected chi connectivity index (χ1v) is 5.80. The first-order chi connectivity index (χ1) is 8.22. The third-order valence-corrected chi connectivity index (χ3v) is 3.17. The monoisotopic (exact) mass is 244 g/mol. The van der Waals surface area contributed by atoms with Gasteiger partial charge in [0.25, 0.3) is 0 Å². The van der Waals surface area contributed by atoms with Gasteiger partial charge in [-0.3, -0.25) is 0 Å². The van der Waals surface area contributed by atoms with E-state index in [-0.39, 0.29) is 5.82 Å². The number of allylic oxidation sites excluding steroid dienone is 1. The fourth-order valence-corrected chi connectivity index (χ4v) is 2.20. The highest BCUT2D eigenvalue weighted by atomic mass is 32.1. The number of nitrogens with zero attached hydrogens (tertiary/aromatic N) is 1. The van der Waals surface area contributed by atoms with Crippen molar-refractivity contribution in [2.24, 2.45) is 5.73 Å². The lowest BCUT2D eigenvalue weighted by Gasteiger charge is -2.04. The maximum atomic E-state index is 13.1. The number of benzene rings is 1. The highest BCUT2D eigenvalue weighted by Crippen LogP contribution is 2.25. The number of halogens is 1. The molecule has 2 rings (SSSR count). The molecule has 17 heavy (non-hydrogen) atoms. The molecular formula is C13H9FN2S. The minimum Gasteiger partial charge on any atom is -0.397 e. The minimum absolute atomic E-state index is 0.300. The second-order valence-corrected chi connectivity index (χ2v) is 4.34. The Hall–Kier alpha value is -2.12. The van der Waals surface area contributed by atoms with Gasteiger partial charge in [0, 0.05) is 10.4 Å². The van der Waals surface area contributed by atoms with Gasteiger partial charge in [0.05, 0.1) is 11.3 Å². The first-order valence-electron chi connectivity index (χ1n) is 4.92. The van der Waals surface area contributed by atoms with E-state index in [9.17, 15) is 4.39 Å².